The van der Waals surface area contributed by atoms with E-state index < -0.39 is 0 Å². The minimum absolute atomic E-state index is 0.301. The summed E-state index contributed by atoms with van der Waals surface area (Å²) < 4.78 is 15.8. The van der Waals surface area contributed by atoms with Crippen LogP contribution in [0.25, 0.3) is 0 Å². The Kier molecular flexibility index (Phi) is 6.92. The molecule has 4 nitrogen and oxygen atoms in total. The maximum atomic E-state index is 5.46. The first-order valence-electron chi connectivity index (χ1n) is 5.78. The Labute approximate surface area is 92.3 Å². The van der Waals surface area contributed by atoms with E-state index in [1.165, 1.54) is 6.42 Å². The van der Waals surface area contributed by atoms with Gasteiger partial charge in [0.15, 0.2) is 0 Å². The van der Waals surface area contributed by atoms with Gasteiger partial charge in [0.1, 0.15) is 6.79 Å². The summed E-state index contributed by atoms with van der Waals surface area (Å²) >= 11 is 0. The molecule has 1 rings (SSSR count). The quantitative estimate of drug-likeness (QED) is 0.694. The van der Waals surface area contributed by atoms with Gasteiger partial charge >= 0.3 is 0 Å². The lowest BCUT2D eigenvalue weighted by atomic mass is 10.1. The fraction of sp³-hybridized carbons (Fsp3) is 1.00. The normalized spacial score (nSPS) is 24.0. The highest BCUT2D eigenvalue weighted by molar-refractivity contribution is 4.70. The Balaban J connectivity index is 2.13. The second-order valence-electron chi connectivity index (χ2n) is 3.95. The Morgan fingerprint density at radius 1 is 1.53 bits per heavy atom. The van der Waals surface area contributed by atoms with Crippen LogP contribution in [0.4, 0.5) is 0 Å². The molecule has 0 saturated carbocycles. The summed E-state index contributed by atoms with van der Waals surface area (Å²) in [5.74, 6) is 0. The molecule has 0 amide bonds. The van der Waals surface area contributed by atoms with Crippen molar-refractivity contribution < 1.29 is 14.2 Å². The molecule has 1 aliphatic heterocycles. The molecule has 0 aliphatic carbocycles. The van der Waals surface area contributed by atoms with Crippen molar-refractivity contribution in [3.63, 3.8) is 0 Å². The van der Waals surface area contributed by atoms with Gasteiger partial charge in [0, 0.05) is 19.7 Å². The van der Waals surface area contributed by atoms with Crippen molar-refractivity contribution >= 4 is 0 Å². The molecule has 1 aliphatic rings. The molecule has 0 radical (unpaired) electrons. The summed E-state index contributed by atoms with van der Waals surface area (Å²) in [6.07, 6.45) is 3.61. The topological polar surface area (TPSA) is 39.7 Å². The standard InChI is InChI=1S/C11H23NO3/c1-3-4-10(8-13-2)12-7-11-5-6-14-9-15-11/h10-12H,3-9H2,1-2H3. The number of methoxy groups -OCH3 is 1. The maximum Gasteiger partial charge on any atom is 0.147 e. The molecule has 1 heterocycles. The number of hydrogen-bond donors (Lipinski definition) is 1. The van der Waals surface area contributed by atoms with Crippen molar-refractivity contribution in [3.8, 4) is 0 Å². The van der Waals surface area contributed by atoms with Gasteiger partial charge in [0.05, 0.1) is 19.3 Å². The van der Waals surface area contributed by atoms with Gasteiger partial charge < -0.3 is 19.5 Å². The van der Waals surface area contributed by atoms with Gasteiger partial charge in [0.2, 0.25) is 0 Å². The third-order valence-corrected chi connectivity index (χ3v) is 2.61. The Bertz CT molecular complexity index is 143. The molecule has 0 bridgehead atoms. The molecule has 4 heteroatoms. The van der Waals surface area contributed by atoms with Gasteiger partial charge in [-0.2, -0.15) is 0 Å². The van der Waals surface area contributed by atoms with Crippen molar-refractivity contribution in [2.75, 3.05) is 33.7 Å². The molecule has 1 saturated heterocycles. The second-order valence-corrected chi connectivity index (χ2v) is 3.95. The minimum Gasteiger partial charge on any atom is -0.383 e. The van der Waals surface area contributed by atoms with Crippen molar-refractivity contribution in [2.45, 2.75) is 38.3 Å². The van der Waals surface area contributed by atoms with Crippen LogP contribution in [0, 0.1) is 0 Å². The van der Waals surface area contributed by atoms with Crippen LogP contribution in [0.5, 0.6) is 0 Å². The second kappa shape index (κ2) is 8.05. The average molecular weight is 217 g/mol. The van der Waals surface area contributed by atoms with Crippen molar-refractivity contribution in [1.29, 1.82) is 0 Å². The Hall–Kier alpha value is -0.160. The van der Waals surface area contributed by atoms with Crippen molar-refractivity contribution in [1.82, 2.24) is 5.32 Å². The molecule has 15 heavy (non-hydrogen) atoms. The first kappa shape index (κ1) is 12.9. The van der Waals surface area contributed by atoms with E-state index in [2.05, 4.69) is 12.2 Å². The van der Waals surface area contributed by atoms with E-state index in [4.69, 9.17) is 14.2 Å². The van der Waals surface area contributed by atoms with Crippen LogP contribution in [-0.4, -0.2) is 45.8 Å². The van der Waals surface area contributed by atoms with Crippen LogP contribution in [0.2, 0.25) is 0 Å². The lowest BCUT2D eigenvalue weighted by Crippen LogP contribution is -2.41. The molecular weight excluding hydrogens is 194 g/mol. The van der Waals surface area contributed by atoms with E-state index in [0.29, 0.717) is 18.9 Å². The van der Waals surface area contributed by atoms with Crippen LogP contribution in [0.15, 0.2) is 0 Å². The molecule has 0 aromatic carbocycles. The molecule has 2 atom stereocenters. The smallest absolute Gasteiger partial charge is 0.147 e. The summed E-state index contributed by atoms with van der Waals surface area (Å²) in [5.41, 5.74) is 0. The van der Waals surface area contributed by atoms with E-state index in [0.717, 1.165) is 32.6 Å². The molecule has 1 fully saturated rings. The monoisotopic (exact) mass is 217 g/mol. The van der Waals surface area contributed by atoms with E-state index >= 15 is 0 Å². The SMILES string of the molecule is CCCC(COC)NCC1CCOCO1. The highest BCUT2D eigenvalue weighted by Crippen LogP contribution is 2.06. The zero-order valence-electron chi connectivity index (χ0n) is 9.83. The fourth-order valence-corrected chi connectivity index (χ4v) is 1.75. The predicted molar refractivity (Wildman–Crippen MR) is 58.9 cm³/mol. The van der Waals surface area contributed by atoms with Gasteiger partial charge in [-0.15, -0.1) is 0 Å². The van der Waals surface area contributed by atoms with Crippen molar-refractivity contribution in [3.05, 3.63) is 0 Å². The Morgan fingerprint density at radius 2 is 2.40 bits per heavy atom. The van der Waals surface area contributed by atoms with Crippen LogP contribution in [-0.2, 0) is 14.2 Å². The molecule has 0 spiro atoms. The van der Waals surface area contributed by atoms with Crippen LogP contribution >= 0.6 is 0 Å². The first-order chi connectivity index (χ1) is 7.36. The highest BCUT2D eigenvalue weighted by atomic mass is 16.7. The lowest BCUT2D eigenvalue weighted by molar-refractivity contribution is -0.137. The largest absolute Gasteiger partial charge is 0.383 e. The third-order valence-electron chi connectivity index (χ3n) is 2.61. The lowest BCUT2D eigenvalue weighted by Gasteiger charge is -2.25. The first-order valence-corrected chi connectivity index (χ1v) is 5.78. The highest BCUT2D eigenvalue weighted by Gasteiger charge is 2.15. The Morgan fingerprint density at radius 3 is 3.00 bits per heavy atom. The van der Waals surface area contributed by atoms with Gasteiger partial charge in [-0.05, 0) is 12.8 Å². The summed E-state index contributed by atoms with van der Waals surface area (Å²) in [5, 5.41) is 3.49. The summed E-state index contributed by atoms with van der Waals surface area (Å²) in [4.78, 5) is 0. The fourth-order valence-electron chi connectivity index (χ4n) is 1.75. The van der Waals surface area contributed by atoms with E-state index in [1.807, 2.05) is 0 Å². The molecule has 0 aromatic rings. The minimum atomic E-state index is 0.301. The third kappa shape index (κ3) is 5.47. The van der Waals surface area contributed by atoms with Crippen LogP contribution < -0.4 is 5.32 Å². The summed E-state index contributed by atoms with van der Waals surface area (Å²) in [7, 11) is 1.75. The van der Waals surface area contributed by atoms with Crippen LogP contribution in [0.3, 0.4) is 0 Å². The number of hydrogen-bond acceptors (Lipinski definition) is 4. The average Bonchev–Trinajstić information content (AvgIpc) is 2.28. The molecule has 90 valence electrons. The van der Waals surface area contributed by atoms with E-state index in [9.17, 15) is 0 Å². The predicted octanol–water partition coefficient (Wildman–Crippen LogP) is 1.15. The van der Waals surface area contributed by atoms with Gasteiger partial charge in [-0.1, -0.05) is 13.3 Å². The van der Waals surface area contributed by atoms with Crippen LogP contribution in [0.1, 0.15) is 26.2 Å². The molecule has 0 aromatic heterocycles. The van der Waals surface area contributed by atoms with E-state index in [-0.39, 0.29) is 0 Å². The molecular formula is C11H23NO3. The summed E-state index contributed by atoms with van der Waals surface area (Å²) in [6, 6.07) is 0.450. The maximum absolute atomic E-state index is 5.46. The number of nitrogens with one attached hydrogen (secondary N) is 1. The zero-order chi connectivity index (χ0) is 10.9. The number of rotatable bonds is 7. The van der Waals surface area contributed by atoms with Gasteiger partial charge in [-0.25, -0.2) is 0 Å². The number of ether oxygens (including phenoxy) is 3. The zero-order valence-corrected chi connectivity index (χ0v) is 9.83. The molecule has 2 unspecified atom stereocenters. The molecule has 1 N–H and O–H groups in total. The van der Waals surface area contributed by atoms with Crippen molar-refractivity contribution in [2.24, 2.45) is 0 Å². The summed E-state index contributed by atoms with van der Waals surface area (Å²) in [6.45, 7) is 5.12. The van der Waals surface area contributed by atoms with Gasteiger partial charge in [-0.3, -0.25) is 0 Å². The van der Waals surface area contributed by atoms with E-state index in [1.54, 1.807) is 7.11 Å². The van der Waals surface area contributed by atoms with Gasteiger partial charge in [0.25, 0.3) is 0 Å².